The van der Waals surface area contributed by atoms with Crippen LogP contribution in [-0.2, 0) is 6.54 Å². The van der Waals surface area contributed by atoms with Crippen LogP contribution in [0.4, 0.5) is 5.69 Å². The highest BCUT2D eigenvalue weighted by molar-refractivity contribution is 6.32. The maximum absolute atomic E-state index is 6.38. The highest BCUT2D eigenvalue weighted by atomic mass is 35.5. The second-order valence-corrected chi connectivity index (χ2v) is 6.32. The van der Waals surface area contributed by atoms with Crippen molar-refractivity contribution >= 4 is 28.9 Å². The Morgan fingerprint density at radius 2 is 1.79 bits per heavy atom. The van der Waals surface area contributed by atoms with E-state index in [-0.39, 0.29) is 0 Å². The Bertz CT molecular complexity index is 689. The molecular weight excluding hydrogens is 345 g/mol. The Labute approximate surface area is 153 Å². The Morgan fingerprint density at radius 1 is 1.00 bits per heavy atom. The van der Waals surface area contributed by atoms with E-state index < -0.39 is 0 Å². The summed E-state index contributed by atoms with van der Waals surface area (Å²) in [7, 11) is 0. The van der Waals surface area contributed by atoms with Crippen molar-refractivity contribution in [2.24, 2.45) is 0 Å². The van der Waals surface area contributed by atoms with Crippen LogP contribution in [0.15, 0.2) is 30.3 Å². The number of nitrogens with one attached hydrogen (secondary N) is 1. The molecule has 0 aliphatic carbocycles. The second kappa shape index (κ2) is 9.05. The lowest BCUT2D eigenvalue weighted by atomic mass is 10.1. The summed E-state index contributed by atoms with van der Waals surface area (Å²) in [6.45, 7) is 7.76. The zero-order valence-electron chi connectivity index (χ0n) is 14.3. The molecule has 130 valence electrons. The minimum Gasteiger partial charge on any atom is -0.490 e. The molecule has 0 spiro atoms. The van der Waals surface area contributed by atoms with E-state index in [9.17, 15) is 0 Å². The van der Waals surface area contributed by atoms with Crippen molar-refractivity contribution in [2.45, 2.75) is 33.7 Å². The van der Waals surface area contributed by atoms with Crippen LogP contribution in [-0.4, -0.2) is 13.2 Å². The van der Waals surface area contributed by atoms with Crippen LogP contribution >= 0.6 is 23.2 Å². The molecular formula is C19H23Cl2NO2. The summed E-state index contributed by atoms with van der Waals surface area (Å²) in [6.07, 6.45) is 0.916. The van der Waals surface area contributed by atoms with Crippen molar-refractivity contribution in [3.8, 4) is 11.5 Å². The molecule has 2 rings (SSSR count). The molecule has 2 aromatic rings. The maximum atomic E-state index is 6.38. The summed E-state index contributed by atoms with van der Waals surface area (Å²) in [5, 5.41) is 4.66. The minimum atomic E-state index is 0.559. The van der Waals surface area contributed by atoms with Gasteiger partial charge in [0.05, 0.1) is 18.2 Å². The monoisotopic (exact) mass is 367 g/mol. The largest absolute Gasteiger partial charge is 0.490 e. The summed E-state index contributed by atoms with van der Waals surface area (Å²) in [5.74, 6) is 1.29. The lowest BCUT2D eigenvalue weighted by Gasteiger charge is -2.15. The average molecular weight is 368 g/mol. The lowest BCUT2D eigenvalue weighted by molar-refractivity contribution is 0.277. The van der Waals surface area contributed by atoms with Crippen molar-refractivity contribution < 1.29 is 9.47 Å². The topological polar surface area (TPSA) is 30.5 Å². The molecule has 5 heteroatoms. The summed E-state index contributed by atoms with van der Waals surface area (Å²) >= 11 is 12.5. The fourth-order valence-corrected chi connectivity index (χ4v) is 2.71. The Balaban J connectivity index is 2.16. The van der Waals surface area contributed by atoms with Crippen molar-refractivity contribution in [1.82, 2.24) is 0 Å². The third-order valence-electron chi connectivity index (χ3n) is 3.49. The molecule has 0 saturated carbocycles. The minimum absolute atomic E-state index is 0.559. The zero-order valence-corrected chi connectivity index (χ0v) is 15.8. The molecule has 3 nitrogen and oxygen atoms in total. The van der Waals surface area contributed by atoms with E-state index in [1.165, 1.54) is 0 Å². The summed E-state index contributed by atoms with van der Waals surface area (Å²) in [5.41, 5.74) is 3.04. The number of benzene rings is 2. The molecule has 0 saturated heterocycles. The number of hydrogen-bond acceptors (Lipinski definition) is 3. The highest BCUT2D eigenvalue weighted by Crippen LogP contribution is 2.37. The average Bonchev–Trinajstić information content (AvgIpc) is 2.55. The Morgan fingerprint density at radius 3 is 2.46 bits per heavy atom. The van der Waals surface area contributed by atoms with Gasteiger partial charge in [-0.15, -0.1) is 0 Å². The third-order valence-corrected chi connectivity index (χ3v) is 4.18. The number of rotatable bonds is 8. The van der Waals surface area contributed by atoms with Crippen molar-refractivity contribution in [3.05, 3.63) is 51.5 Å². The second-order valence-electron chi connectivity index (χ2n) is 5.50. The molecule has 0 aliphatic heterocycles. The van der Waals surface area contributed by atoms with Crippen LogP contribution in [0.5, 0.6) is 11.5 Å². The van der Waals surface area contributed by atoms with Gasteiger partial charge in [-0.3, -0.25) is 0 Å². The van der Waals surface area contributed by atoms with Gasteiger partial charge < -0.3 is 14.8 Å². The van der Waals surface area contributed by atoms with E-state index in [0.717, 1.165) is 28.3 Å². The van der Waals surface area contributed by atoms with Gasteiger partial charge in [-0.2, -0.15) is 0 Å². The molecule has 0 unspecified atom stereocenters. The normalized spacial score (nSPS) is 10.5. The van der Waals surface area contributed by atoms with Crippen LogP contribution in [0.2, 0.25) is 10.0 Å². The van der Waals surface area contributed by atoms with E-state index in [1.807, 2.05) is 44.2 Å². The van der Waals surface area contributed by atoms with Gasteiger partial charge in [0.2, 0.25) is 0 Å². The van der Waals surface area contributed by atoms with E-state index in [4.69, 9.17) is 32.7 Å². The van der Waals surface area contributed by atoms with E-state index in [2.05, 4.69) is 12.2 Å². The van der Waals surface area contributed by atoms with Crippen molar-refractivity contribution in [3.63, 3.8) is 0 Å². The SMILES string of the molecule is CCCOc1c(Cl)cc(CNc2ccc(C)c(Cl)c2)cc1OCC. The van der Waals surface area contributed by atoms with E-state index in [1.54, 1.807) is 0 Å². The van der Waals surface area contributed by atoms with Gasteiger partial charge in [-0.1, -0.05) is 36.2 Å². The van der Waals surface area contributed by atoms with Gasteiger partial charge in [-0.25, -0.2) is 0 Å². The molecule has 24 heavy (non-hydrogen) atoms. The third kappa shape index (κ3) is 4.96. The first-order valence-electron chi connectivity index (χ1n) is 8.13. The number of halogens is 2. The quantitative estimate of drug-likeness (QED) is 0.611. The van der Waals surface area contributed by atoms with E-state index in [0.29, 0.717) is 36.3 Å². The number of aryl methyl sites for hydroxylation is 1. The molecule has 0 heterocycles. The predicted molar refractivity (Wildman–Crippen MR) is 102 cm³/mol. The summed E-state index contributed by atoms with van der Waals surface area (Å²) in [4.78, 5) is 0. The molecule has 2 aromatic carbocycles. The Hall–Kier alpha value is -1.58. The standard InChI is InChI=1S/C19H23Cl2NO2/c1-4-8-24-19-17(21)9-14(10-18(19)23-5-2)12-22-15-7-6-13(3)16(20)11-15/h6-7,9-11,22H,4-5,8,12H2,1-3H3. The fraction of sp³-hybridized carbons (Fsp3) is 0.368. The van der Waals surface area contributed by atoms with E-state index >= 15 is 0 Å². The number of ether oxygens (including phenoxy) is 2. The maximum Gasteiger partial charge on any atom is 0.179 e. The van der Waals surface area contributed by atoms with Crippen molar-refractivity contribution in [1.29, 1.82) is 0 Å². The molecule has 0 radical (unpaired) electrons. The fourth-order valence-electron chi connectivity index (χ4n) is 2.24. The summed E-state index contributed by atoms with van der Waals surface area (Å²) in [6, 6.07) is 9.78. The Kier molecular flexibility index (Phi) is 7.07. The first-order valence-corrected chi connectivity index (χ1v) is 8.88. The molecule has 1 N–H and O–H groups in total. The molecule has 0 aliphatic rings. The molecule has 0 amide bonds. The van der Waals surface area contributed by atoms with Gasteiger partial charge in [0.25, 0.3) is 0 Å². The number of anilines is 1. The highest BCUT2D eigenvalue weighted by Gasteiger charge is 2.12. The lowest BCUT2D eigenvalue weighted by Crippen LogP contribution is -2.04. The van der Waals surface area contributed by atoms with Gasteiger partial charge in [0.15, 0.2) is 11.5 Å². The zero-order chi connectivity index (χ0) is 17.5. The van der Waals surface area contributed by atoms with Crippen LogP contribution in [0.1, 0.15) is 31.4 Å². The van der Waals surface area contributed by atoms with Gasteiger partial charge in [-0.05, 0) is 55.7 Å². The molecule has 0 fully saturated rings. The first kappa shape index (κ1) is 18.8. The smallest absolute Gasteiger partial charge is 0.179 e. The van der Waals surface area contributed by atoms with Crippen LogP contribution in [0.25, 0.3) is 0 Å². The number of hydrogen-bond donors (Lipinski definition) is 1. The van der Waals surface area contributed by atoms with Gasteiger partial charge in [0.1, 0.15) is 0 Å². The first-order chi connectivity index (χ1) is 11.5. The van der Waals surface area contributed by atoms with Gasteiger partial charge in [0, 0.05) is 17.3 Å². The van der Waals surface area contributed by atoms with Crippen molar-refractivity contribution in [2.75, 3.05) is 18.5 Å². The van der Waals surface area contributed by atoms with Crippen LogP contribution in [0, 0.1) is 6.92 Å². The van der Waals surface area contributed by atoms with Crippen LogP contribution in [0.3, 0.4) is 0 Å². The van der Waals surface area contributed by atoms with Gasteiger partial charge >= 0.3 is 0 Å². The molecule has 0 aromatic heterocycles. The molecule has 0 bridgehead atoms. The predicted octanol–water partition coefficient (Wildman–Crippen LogP) is 6.10. The van der Waals surface area contributed by atoms with Crippen LogP contribution < -0.4 is 14.8 Å². The summed E-state index contributed by atoms with van der Waals surface area (Å²) < 4.78 is 11.4. The molecule has 0 atom stereocenters.